The van der Waals surface area contributed by atoms with Gasteiger partial charge >= 0.3 is 5.97 Å². The molecule has 0 saturated heterocycles. The van der Waals surface area contributed by atoms with Crippen molar-refractivity contribution in [3.05, 3.63) is 105 Å². The SMILES string of the molecule is C=CC1=C(C)C(=O)N/C1=C\c1[nH]c(Cc2cc(C)c(/C=C/C(C)=C(/C=C)C(=O)NC)[nH]2)c(CCC(=O)O)c1C. The van der Waals surface area contributed by atoms with Crippen LogP contribution in [0.4, 0.5) is 0 Å². The fourth-order valence-electron chi connectivity index (χ4n) is 4.69. The number of amides is 2. The van der Waals surface area contributed by atoms with E-state index in [1.165, 1.54) is 6.08 Å². The molecule has 2 aromatic rings. The van der Waals surface area contributed by atoms with E-state index in [0.29, 0.717) is 29.7 Å². The third-order valence-corrected chi connectivity index (χ3v) is 6.95. The second-order valence-corrected chi connectivity index (χ2v) is 9.55. The summed E-state index contributed by atoms with van der Waals surface area (Å²) < 4.78 is 0. The van der Waals surface area contributed by atoms with Crippen molar-refractivity contribution in [2.24, 2.45) is 0 Å². The Hall–Kier alpha value is -4.59. The maximum atomic E-state index is 12.2. The summed E-state index contributed by atoms with van der Waals surface area (Å²) in [4.78, 5) is 42.5. The number of allylic oxidation sites excluding steroid dienone is 3. The van der Waals surface area contributed by atoms with Crippen molar-refractivity contribution in [1.82, 2.24) is 20.6 Å². The summed E-state index contributed by atoms with van der Waals surface area (Å²) >= 11 is 0. The van der Waals surface area contributed by atoms with Gasteiger partial charge in [0.05, 0.1) is 5.70 Å². The molecule has 0 atom stereocenters. The molecular weight excluding hydrogens is 492 g/mol. The zero-order valence-electron chi connectivity index (χ0n) is 23.2. The van der Waals surface area contributed by atoms with Crippen LogP contribution < -0.4 is 10.6 Å². The highest BCUT2D eigenvalue weighted by Gasteiger charge is 2.23. The van der Waals surface area contributed by atoms with Gasteiger partial charge in [0.15, 0.2) is 0 Å². The molecule has 0 unspecified atom stereocenters. The minimum Gasteiger partial charge on any atom is -0.481 e. The van der Waals surface area contributed by atoms with Gasteiger partial charge in [0.2, 0.25) is 0 Å². The quantitative estimate of drug-likeness (QED) is 0.212. The number of H-pyrrole nitrogens is 2. The topological polar surface area (TPSA) is 127 Å². The van der Waals surface area contributed by atoms with Gasteiger partial charge in [0, 0.05) is 59.4 Å². The molecule has 5 N–H and O–H groups in total. The molecule has 0 fully saturated rings. The molecule has 204 valence electrons. The Labute approximate surface area is 229 Å². The van der Waals surface area contributed by atoms with Crippen LogP contribution in [0.5, 0.6) is 0 Å². The third-order valence-electron chi connectivity index (χ3n) is 6.95. The van der Waals surface area contributed by atoms with E-state index in [-0.39, 0.29) is 18.2 Å². The second kappa shape index (κ2) is 12.3. The number of hydrogen-bond acceptors (Lipinski definition) is 3. The van der Waals surface area contributed by atoms with E-state index < -0.39 is 5.97 Å². The highest BCUT2D eigenvalue weighted by atomic mass is 16.4. The summed E-state index contributed by atoms with van der Waals surface area (Å²) in [6.07, 6.45) is 9.80. The predicted octanol–water partition coefficient (Wildman–Crippen LogP) is 4.80. The number of aryl methyl sites for hydroxylation is 1. The Morgan fingerprint density at radius 3 is 2.46 bits per heavy atom. The minimum absolute atomic E-state index is 0.00961. The molecular formula is C31H36N4O4. The van der Waals surface area contributed by atoms with Crippen molar-refractivity contribution < 1.29 is 19.5 Å². The molecule has 0 radical (unpaired) electrons. The largest absolute Gasteiger partial charge is 0.481 e. The van der Waals surface area contributed by atoms with Crippen LogP contribution >= 0.6 is 0 Å². The zero-order chi connectivity index (χ0) is 28.9. The van der Waals surface area contributed by atoms with Crippen LogP contribution in [-0.2, 0) is 27.2 Å². The van der Waals surface area contributed by atoms with E-state index in [4.69, 9.17) is 0 Å². The number of nitrogens with one attached hydrogen (secondary N) is 4. The summed E-state index contributed by atoms with van der Waals surface area (Å²) in [5, 5.41) is 14.8. The van der Waals surface area contributed by atoms with Crippen LogP contribution in [0.15, 0.2) is 65.4 Å². The maximum absolute atomic E-state index is 12.2. The summed E-state index contributed by atoms with van der Waals surface area (Å²) in [6, 6.07) is 2.06. The van der Waals surface area contributed by atoms with Crippen molar-refractivity contribution >= 4 is 29.9 Å². The van der Waals surface area contributed by atoms with Gasteiger partial charge in [-0.25, -0.2) is 0 Å². The molecule has 39 heavy (non-hydrogen) atoms. The maximum Gasteiger partial charge on any atom is 0.303 e. The first-order valence-corrected chi connectivity index (χ1v) is 12.7. The fourth-order valence-corrected chi connectivity index (χ4v) is 4.69. The van der Waals surface area contributed by atoms with E-state index in [9.17, 15) is 19.5 Å². The van der Waals surface area contributed by atoms with Crippen LogP contribution in [0.25, 0.3) is 12.2 Å². The molecule has 1 aliphatic rings. The number of aromatic nitrogens is 2. The van der Waals surface area contributed by atoms with E-state index in [1.807, 2.05) is 39.0 Å². The molecule has 0 aromatic carbocycles. The Morgan fingerprint density at radius 1 is 1.13 bits per heavy atom. The smallest absolute Gasteiger partial charge is 0.303 e. The normalized spacial score (nSPS) is 15.1. The van der Waals surface area contributed by atoms with E-state index in [0.717, 1.165) is 50.6 Å². The van der Waals surface area contributed by atoms with Crippen LogP contribution in [0.2, 0.25) is 0 Å². The van der Waals surface area contributed by atoms with Crippen molar-refractivity contribution in [2.45, 2.75) is 47.0 Å². The number of hydrogen-bond donors (Lipinski definition) is 5. The minimum atomic E-state index is -0.862. The molecule has 8 heteroatoms. The Morgan fingerprint density at radius 2 is 1.85 bits per heavy atom. The van der Waals surface area contributed by atoms with Crippen molar-refractivity contribution in [2.75, 3.05) is 7.05 Å². The van der Waals surface area contributed by atoms with Crippen LogP contribution in [0, 0.1) is 13.8 Å². The van der Waals surface area contributed by atoms with Gasteiger partial charge < -0.3 is 25.7 Å². The third kappa shape index (κ3) is 6.46. The standard InChI is InChI=1S/C31H36N4O4/c1-8-22(31(39)32-7)17(3)10-12-25-18(4)14-21(33-25)15-27-24(11-13-29(36)37)19(5)26(34-27)16-28-23(9-2)20(6)30(38)35-28/h8-10,12,14,16,33-34H,1-2,11,13,15H2,3-7H3,(H,32,39)(H,35,38)(H,36,37)/b12-10+,22-17-,28-16-. The van der Waals surface area contributed by atoms with Crippen molar-refractivity contribution in [1.29, 1.82) is 0 Å². The van der Waals surface area contributed by atoms with Gasteiger partial charge in [-0.15, -0.1) is 0 Å². The molecule has 2 aromatic heterocycles. The summed E-state index contributed by atoms with van der Waals surface area (Å²) in [7, 11) is 1.58. The van der Waals surface area contributed by atoms with E-state index in [1.54, 1.807) is 20.0 Å². The Balaban J connectivity index is 1.96. The number of rotatable bonds is 11. The monoisotopic (exact) mass is 528 g/mol. The van der Waals surface area contributed by atoms with Gasteiger partial charge in [-0.1, -0.05) is 31.4 Å². The number of aliphatic carboxylic acids is 1. The van der Waals surface area contributed by atoms with Crippen molar-refractivity contribution in [3.63, 3.8) is 0 Å². The van der Waals surface area contributed by atoms with Gasteiger partial charge in [-0.3, -0.25) is 14.4 Å². The number of carboxylic acids is 1. The lowest BCUT2D eigenvalue weighted by Crippen LogP contribution is -2.19. The number of likely N-dealkylation sites (N-methyl/N-ethyl adjacent to an activating group) is 1. The summed E-state index contributed by atoms with van der Waals surface area (Å²) in [5.74, 6) is -1.21. The van der Waals surface area contributed by atoms with Gasteiger partial charge in [-0.05, 0) is 74.6 Å². The summed E-state index contributed by atoms with van der Waals surface area (Å²) in [5.41, 5.74) is 9.82. The molecule has 1 aliphatic heterocycles. The molecule has 3 rings (SSSR count). The Bertz CT molecular complexity index is 1470. The number of carboxylic acid groups (broad SMARTS) is 1. The highest BCUT2D eigenvalue weighted by Crippen LogP contribution is 2.28. The number of aromatic amines is 2. The molecule has 0 spiro atoms. The fraction of sp³-hybridized carbons (Fsp3) is 0.258. The first kappa shape index (κ1) is 29.0. The van der Waals surface area contributed by atoms with Gasteiger partial charge in [0.25, 0.3) is 11.8 Å². The van der Waals surface area contributed by atoms with Crippen LogP contribution in [0.1, 0.15) is 59.7 Å². The predicted molar refractivity (Wildman–Crippen MR) is 155 cm³/mol. The van der Waals surface area contributed by atoms with Crippen molar-refractivity contribution in [3.8, 4) is 0 Å². The molecule has 0 aliphatic carbocycles. The lowest BCUT2D eigenvalue weighted by molar-refractivity contribution is -0.137. The number of carbonyl (C=O) groups is 3. The molecule has 0 bridgehead atoms. The van der Waals surface area contributed by atoms with Crippen LogP contribution in [0.3, 0.4) is 0 Å². The number of carbonyl (C=O) groups excluding carboxylic acids is 2. The average molecular weight is 529 g/mol. The molecule has 3 heterocycles. The van der Waals surface area contributed by atoms with E-state index >= 15 is 0 Å². The highest BCUT2D eigenvalue weighted by molar-refractivity contribution is 6.01. The first-order chi connectivity index (χ1) is 18.5. The second-order valence-electron chi connectivity index (χ2n) is 9.55. The zero-order valence-corrected chi connectivity index (χ0v) is 23.2. The molecule has 0 saturated carbocycles. The first-order valence-electron chi connectivity index (χ1n) is 12.7. The lowest BCUT2D eigenvalue weighted by atomic mass is 10.0. The molecule has 8 nitrogen and oxygen atoms in total. The average Bonchev–Trinajstić information content (AvgIpc) is 3.48. The van der Waals surface area contributed by atoms with E-state index in [2.05, 4.69) is 39.8 Å². The lowest BCUT2D eigenvalue weighted by Gasteiger charge is -2.04. The van der Waals surface area contributed by atoms with Crippen LogP contribution in [-0.4, -0.2) is 39.9 Å². The molecule has 2 amide bonds. The van der Waals surface area contributed by atoms with Gasteiger partial charge in [-0.2, -0.15) is 0 Å². The Kier molecular flexibility index (Phi) is 9.14. The van der Waals surface area contributed by atoms with Gasteiger partial charge in [0.1, 0.15) is 0 Å². The summed E-state index contributed by atoms with van der Waals surface area (Å²) in [6.45, 7) is 15.1.